The van der Waals surface area contributed by atoms with E-state index in [4.69, 9.17) is 11.2 Å². The number of ether oxygens (including phenoxy) is 1. The van der Waals surface area contributed by atoms with E-state index in [1.54, 1.807) is 0 Å². The van der Waals surface area contributed by atoms with Gasteiger partial charge >= 0.3 is 0 Å². The van der Waals surface area contributed by atoms with Gasteiger partial charge in [-0.2, -0.15) is 0 Å². The molecule has 17 heavy (non-hydrogen) atoms. The molecule has 0 aliphatic heterocycles. The Morgan fingerprint density at radius 3 is 2.82 bits per heavy atom. The minimum absolute atomic E-state index is 0.654. The van der Waals surface area contributed by atoms with E-state index < -0.39 is 0 Å². The third-order valence-electron chi connectivity index (χ3n) is 2.55. The van der Waals surface area contributed by atoms with Crippen LogP contribution in [-0.4, -0.2) is 6.61 Å². The van der Waals surface area contributed by atoms with Crippen LogP contribution in [0.4, 0.5) is 0 Å². The topological polar surface area (TPSA) is 9.23 Å². The Labute approximate surface area is 110 Å². The Hall–Kier alpha value is -1.46. The zero-order valence-corrected chi connectivity index (χ0v) is 11.0. The first-order chi connectivity index (χ1) is 8.33. The Balaban J connectivity index is 2.18. The molecule has 0 aromatic heterocycles. The number of rotatable bonds is 4. The summed E-state index contributed by atoms with van der Waals surface area (Å²) in [5.41, 5.74) is 0. The van der Waals surface area contributed by atoms with E-state index in [0.717, 1.165) is 23.1 Å². The van der Waals surface area contributed by atoms with Gasteiger partial charge in [0.2, 0.25) is 0 Å². The molecule has 2 aromatic carbocycles. The Morgan fingerprint density at radius 2 is 2.00 bits per heavy atom. The van der Waals surface area contributed by atoms with Crippen LogP contribution in [0.25, 0.3) is 10.8 Å². The summed E-state index contributed by atoms with van der Waals surface area (Å²) in [5, 5.41) is 2.37. The Kier molecular flexibility index (Phi) is 4.06. The number of terminal acetylenes is 1. The van der Waals surface area contributed by atoms with Gasteiger partial charge in [0.1, 0.15) is 5.75 Å². The fraction of sp³-hybridized carbons (Fsp3) is 0.200. The monoisotopic (exact) mass is 288 g/mol. The third-order valence-corrected chi connectivity index (χ3v) is 3.37. The second kappa shape index (κ2) is 5.75. The quantitative estimate of drug-likeness (QED) is 0.599. The normalized spacial score (nSPS) is 10.1. The number of unbranched alkanes of at least 4 members (excludes halogenated alkanes) is 1. The summed E-state index contributed by atoms with van der Waals surface area (Å²) in [6, 6.07) is 12.3. The summed E-state index contributed by atoms with van der Waals surface area (Å²) in [4.78, 5) is 0. The van der Waals surface area contributed by atoms with Crippen molar-refractivity contribution in [3.8, 4) is 18.1 Å². The zero-order valence-electron chi connectivity index (χ0n) is 9.45. The highest BCUT2D eigenvalue weighted by atomic mass is 79.9. The largest absolute Gasteiger partial charge is 0.492 e. The van der Waals surface area contributed by atoms with Gasteiger partial charge in [-0.1, -0.05) is 30.3 Å². The molecule has 2 rings (SSSR count). The van der Waals surface area contributed by atoms with Gasteiger partial charge in [-0.05, 0) is 39.2 Å². The van der Waals surface area contributed by atoms with Crippen LogP contribution >= 0.6 is 15.9 Å². The van der Waals surface area contributed by atoms with Crippen molar-refractivity contribution in [3.05, 3.63) is 40.9 Å². The lowest BCUT2D eigenvalue weighted by Gasteiger charge is -2.09. The van der Waals surface area contributed by atoms with Gasteiger partial charge in [-0.25, -0.2) is 0 Å². The molecular weight excluding hydrogens is 276 g/mol. The summed E-state index contributed by atoms with van der Waals surface area (Å²) in [5.74, 6) is 3.48. The van der Waals surface area contributed by atoms with Crippen molar-refractivity contribution in [1.29, 1.82) is 0 Å². The van der Waals surface area contributed by atoms with Crippen molar-refractivity contribution in [1.82, 2.24) is 0 Å². The molecule has 0 atom stereocenters. The molecule has 0 saturated heterocycles. The summed E-state index contributed by atoms with van der Waals surface area (Å²) < 4.78 is 6.71. The van der Waals surface area contributed by atoms with Gasteiger partial charge in [0.15, 0.2) is 0 Å². The van der Waals surface area contributed by atoms with Gasteiger partial charge < -0.3 is 4.74 Å². The van der Waals surface area contributed by atoms with E-state index >= 15 is 0 Å². The van der Waals surface area contributed by atoms with E-state index in [0.29, 0.717) is 6.61 Å². The maximum Gasteiger partial charge on any atom is 0.134 e. The summed E-state index contributed by atoms with van der Waals surface area (Å²) in [6.45, 7) is 0.654. The first kappa shape index (κ1) is 12.0. The van der Waals surface area contributed by atoms with E-state index in [9.17, 15) is 0 Å². The molecule has 2 aromatic rings. The fourth-order valence-electron chi connectivity index (χ4n) is 1.68. The highest BCUT2D eigenvalue weighted by Gasteiger charge is 2.05. The van der Waals surface area contributed by atoms with Gasteiger partial charge in [0.25, 0.3) is 0 Å². The standard InChI is InChI=1S/C15H13BrO/c1-2-3-6-11-17-14-10-9-12-7-4-5-8-13(12)15(14)16/h1,4-5,7-10H,3,6,11H2. The van der Waals surface area contributed by atoms with Gasteiger partial charge in [-0.15, -0.1) is 12.3 Å². The second-order valence-electron chi connectivity index (χ2n) is 3.75. The summed E-state index contributed by atoms with van der Waals surface area (Å²) in [6.07, 6.45) is 6.84. The molecule has 0 unspecified atom stereocenters. The third kappa shape index (κ3) is 2.81. The molecule has 0 heterocycles. The molecule has 0 radical (unpaired) electrons. The van der Waals surface area contributed by atoms with Crippen LogP contribution in [0.3, 0.4) is 0 Å². The van der Waals surface area contributed by atoms with Crippen LogP contribution in [0.2, 0.25) is 0 Å². The van der Waals surface area contributed by atoms with Gasteiger partial charge in [0.05, 0.1) is 11.1 Å². The number of halogens is 1. The zero-order chi connectivity index (χ0) is 12.1. The van der Waals surface area contributed by atoms with E-state index in [2.05, 4.69) is 40.0 Å². The predicted octanol–water partition coefficient (Wildman–Crippen LogP) is 4.39. The van der Waals surface area contributed by atoms with E-state index in [-0.39, 0.29) is 0 Å². The Morgan fingerprint density at radius 1 is 1.18 bits per heavy atom. The van der Waals surface area contributed by atoms with E-state index in [1.807, 2.05) is 18.2 Å². The lowest BCUT2D eigenvalue weighted by molar-refractivity contribution is 0.311. The van der Waals surface area contributed by atoms with E-state index in [1.165, 1.54) is 10.8 Å². The average molecular weight is 289 g/mol. The first-order valence-electron chi connectivity index (χ1n) is 5.56. The van der Waals surface area contributed by atoms with Gasteiger partial charge in [-0.3, -0.25) is 0 Å². The van der Waals surface area contributed by atoms with Crippen molar-refractivity contribution in [2.45, 2.75) is 12.8 Å². The molecule has 0 fully saturated rings. The molecule has 2 heteroatoms. The smallest absolute Gasteiger partial charge is 0.134 e. The summed E-state index contributed by atoms with van der Waals surface area (Å²) in [7, 11) is 0. The lowest BCUT2D eigenvalue weighted by atomic mass is 10.1. The van der Waals surface area contributed by atoms with Crippen LogP contribution in [0.15, 0.2) is 40.9 Å². The van der Waals surface area contributed by atoms with Crippen molar-refractivity contribution in [2.24, 2.45) is 0 Å². The second-order valence-corrected chi connectivity index (χ2v) is 4.55. The number of hydrogen-bond acceptors (Lipinski definition) is 1. The minimum atomic E-state index is 0.654. The molecule has 0 saturated carbocycles. The SMILES string of the molecule is C#CCCCOc1ccc2ccccc2c1Br. The minimum Gasteiger partial charge on any atom is -0.492 e. The molecule has 86 valence electrons. The molecule has 0 aliphatic rings. The van der Waals surface area contributed by atoms with Crippen LogP contribution in [0.1, 0.15) is 12.8 Å². The van der Waals surface area contributed by atoms with Crippen molar-refractivity contribution < 1.29 is 4.74 Å². The number of hydrogen-bond donors (Lipinski definition) is 0. The van der Waals surface area contributed by atoms with Crippen LogP contribution in [0.5, 0.6) is 5.75 Å². The predicted molar refractivity (Wildman–Crippen MR) is 75.2 cm³/mol. The molecule has 0 bridgehead atoms. The van der Waals surface area contributed by atoms with Crippen LogP contribution in [-0.2, 0) is 0 Å². The molecule has 0 aliphatic carbocycles. The van der Waals surface area contributed by atoms with Gasteiger partial charge in [0, 0.05) is 6.42 Å². The maximum absolute atomic E-state index is 5.70. The van der Waals surface area contributed by atoms with Crippen LogP contribution in [0, 0.1) is 12.3 Å². The highest BCUT2D eigenvalue weighted by molar-refractivity contribution is 9.10. The molecule has 0 amide bonds. The first-order valence-corrected chi connectivity index (χ1v) is 6.36. The highest BCUT2D eigenvalue weighted by Crippen LogP contribution is 2.33. The van der Waals surface area contributed by atoms with Crippen molar-refractivity contribution >= 4 is 26.7 Å². The van der Waals surface area contributed by atoms with Crippen LogP contribution < -0.4 is 4.74 Å². The van der Waals surface area contributed by atoms with Crippen molar-refractivity contribution in [3.63, 3.8) is 0 Å². The Bertz CT molecular complexity index is 554. The molecule has 0 spiro atoms. The molecule has 0 N–H and O–H groups in total. The maximum atomic E-state index is 5.70. The molecular formula is C15H13BrO. The average Bonchev–Trinajstić information content (AvgIpc) is 2.37. The number of fused-ring (bicyclic) bond motifs is 1. The molecule has 1 nitrogen and oxygen atoms in total. The lowest BCUT2D eigenvalue weighted by Crippen LogP contribution is -1.97. The number of benzene rings is 2. The van der Waals surface area contributed by atoms with Crippen molar-refractivity contribution in [2.75, 3.05) is 6.61 Å². The fourth-order valence-corrected chi connectivity index (χ4v) is 2.29. The summed E-state index contributed by atoms with van der Waals surface area (Å²) >= 11 is 3.59.